The van der Waals surface area contributed by atoms with Gasteiger partial charge in [-0.1, -0.05) is 24.3 Å². The number of aromatic nitrogens is 2. The number of nitrogens with one attached hydrogen (secondary N) is 1. The van der Waals surface area contributed by atoms with Gasteiger partial charge in [-0.25, -0.2) is 0 Å². The van der Waals surface area contributed by atoms with Crippen molar-refractivity contribution in [2.24, 2.45) is 0 Å². The van der Waals surface area contributed by atoms with Gasteiger partial charge in [-0.2, -0.15) is 5.10 Å². The molecule has 0 radical (unpaired) electrons. The number of carbonyl (C=O) groups is 1. The van der Waals surface area contributed by atoms with E-state index in [9.17, 15) is 4.79 Å². The molecule has 0 bridgehead atoms. The summed E-state index contributed by atoms with van der Waals surface area (Å²) in [6.45, 7) is 1.45. The van der Waals surface area contributed by atoms with Crippen molar-refractivity contribution in [1.29, 1.82) is 0 Å². The molecule has 0 aliphatic heterocycles. The van der Waals surface area contributed by atoms with Gasteiger partial charge in [0, 0.05) is 18.3 Å². The minimum atomic E-state index is -0.125. The van der Waals surface area contributed by atoms with Gasteiger partial charge in [0.2, 0.25) is 0 Å². The average molecular weight is 430 g/mol. The highest BCUT2D eigenvalue weighted by molar-refractivity contribution is 9.10. The second-order valence-corrected chi connectivity index (χ2v) is 6.73. The van der Waals surface area contributed by atoms with E-state index in [0.29, 0.717) is 36.8 Å². The monoisotopic (exact) mass is 429 g/mol. The van der Waals surface area contributed by atoms with Crippen LogP contribution in [0.2, 0.25) is 0 Å². The van der Waals surface area contributed by atoms with E-state index in [4.69, 9.17) is 9.47 Å². The maximum absolute atomic E-state index is 12.4. The first-order chi connectivity index (χ1) is 13.2. The zero-order valence-corrected chi connectivity index (χ0v) is 16.5. The molecule has 2 aromatic carbocycles. The molecule has 0 aliphatic rings. The average Bonchev–Trinajstić information content (AvgIpc) is 3.11. The van der Waals surface area contributed by atoms with E-state index in [2.05, 4.69) is 26.3 Å². The summed E-state index contributed by atoms with van der Waals surface area (Å²) in [6, 6.07) is 14.9. The molecule has 3 rings (SSSR count). The predicted octanol–water partition coefficient (Wildman–Crippen LogP) is 3.66. The zero-order chi connectivity index (χ0) is 19.1. The molecule has 1 aromatic heterocycles. The van der Waals surface area contributed by atoms with Gasteiger partial charge in [0.05, 0.1) is 24.3 Å². The number of benzene rings is 2. The molecule has 0 saturated heterocycles. The molecule has 7 heteroatoms. The van der Waals surface area contributed by atoms with Crippen LogP contribution in [0, 0.1) is 0 Å². The highest BCUT2D eigenvalue weighted by Gasteiger charge is 2.08. The molecule has 1 amide bonds. The number of ether oxygens (including phenoxy) is 2. The summed E-state index contributed by atoms with van der Waals surface area (Å²) in [4.78, 5) is 12.4. The molecule has 1 N–H and O–H groups in total. The van der Waals surface area contributed by atoms with Crippen LogP contribution < -0.4 is 14.8 Å². The van der Waals surface area contributed by atoms with Crippen LogP contribution in [0.3, 0.4) is 0 Å². The second-order valence-electron chi connectivity index (χ2n) is 5.82. The van der Waals surface area contributed by atoms with Crippen LogP contribution in [0.1, 0.15) is 15.9 Å². The Labute approximate surface area is 166 Å². The Morgan fingerprint density at radius 1 is 1.19 bits per heavy atom. The van der Waals surface area contributed by atoms with E-state index < -0.39 is 0 Å². The molecule has 27 heavy (non-hydrogen) atoms. The standard InChI is InChI=1S/C20H20BrN3O3/c1-26-18-7-2-3-8-19(18)27-14-15-5-4-6-16(11-15)20(25)22-9-10-24-13-17(21)12-23-24/h2-8,11-13H,9-10,14H2,1H3,(H,22,25). The number of halogens is 1. The zero-order valence-electron chi connectivity index (χ0n) is 14.9. The summed E-state index contributed by atoms with van der Waals surface area (Å²) < 4.78 is 13.8. The lowest BCUT2D eigenvalue weighted by Gasteiger charge is -2.11. The van der Waals surface area contributed by atoms with Crippen LogP contribution in [0.5, 0.6) is 11.5 Å². The van der Waals surface area contributed by atoms with Crippen LogP contribution in [0.15, 0.2) is 65.4 Å². The molecule has 0 saturated carbocycles. The molecule has 1 heterocycles. The number of amides is 1. The van der Waals surface area contributed by atoms with Crippen LogP contribution in [-0.2, 0) is 13.2 Å². The molecule has 6 nitrogen and oxygen atoms in total. The van der Waals surface area contributed by atoms with Gasteiger partial charge in [0.1, 0.15) is 6.61 Å². The minimum absolute atomic E-state index is 0.125. The quantitative estimate of drug-likeness (QED) is 0.593. The van der Waals surface area contributed by atoms with E-state index >= 15 is 0 Å². The number of hydrogen-bond acceptors (Lipinski definition) is 4. The fraction of sp³-hybridized carbons (Fsp3) is 0.200. The van der Waals surface area contributed by atoms with Gasteiger partial charge in [0.25, 0.3) is 5.91 Å². The molecular weight excluding hydrogens is 410 g/mol. The molecule has 0 atom stereocenters. The number of rotatable bonds is 8. The Hall–Kier alpha value is -2.80. The van der Waals surface area contributed by atoms with Crippen LogP contribution >= 0.6 is 15.9 Å². The number of methoxy groups -OCH3 is 1. The van der Waals surface area contributed by atoms with E-state index in [-0.39, 0.29) is 5.91 Å². The first-order valence-corrected chi connectivity index (χ1v) is 9.26. The molecule has 3 aromatic rings. The fourth-order valence-corrected chi connectivity index (χ4v) is 2.88. The summed E-state index contributed by atoms with van der Waals surface area (Å²) in [5, 5.41) is 7.06. The Morgan fingerprint density at radius 2 is 2.00 bits per heavy atom. The van der Waals surface area contributed by atoms with Gasteiger partial charge in [-0.15, -0.1) is 0 Å². The molecule has 0 unspecified atom stereocenters. The van der Waals surface area contributed by atoms with Crippen molar-refractivity contribution in [2.45, 2.75) is 13.2 Å². The third-order valence-corrected chi connectivity index (χ3v) is 4.29. The topological polar surface area (TPSA) is 65.4 Å². The molecule has 0 fully saturated rings. The smallest absolute Gasteiger partial charge is 0.251 e. The van der Waals surface area contributed by atoms with Crippen molar-refractivity contribution in [3.05, 3.63) is 76.5 Å². The van der Waals surface area contributed by atoms with Gasteiger partial charge in [-0.05, 0) is 45.8 Å². The minimum Gasteiger partial charge on any atom is -0.493 e. The summed E-state index contributed by atoms with van der Waals surface area (Å²) in [5.74, 6) is 1.22. The summed E-state index contributed by atoms with van der Waals surface area (Å²) >= 11 is 3.35. The SMILES string of the molecule is COc1ccccc1OCc1cccc(C(=O)NCCn2cc(Br)cn2)c1. The van der Waals surface area contributed by atoms with Crippen LogP contribution in [0.4, 0.5) is 0 Å². The largest absolute Gasteiger partial charge is 0.493 e. The lowest BCUT2D eigenvalue weighted by atomic mass is 10.1. The van der Waals surface area contributed by atoms with Crippen LogP contribution in [0.25, 0.3) is 0 Å². The van der Waals surface area contributed by atoms with E-state index in [0.717, 1.165) is 10.0 Å². The van der Waals surface area contributed by atoms with Gasteiger partial charge in [-0.3, -0.25) is 9.48 Å². The van der Waals surface area contributed by atoms with Crippen molar-refractivity contribution in [3.8, 4) is 11.5 Å². The van der Waals surface area contributed by atoms with Gasteiger partial charge >= 0.3 is 0 Å². The highest BCUT2D eigenvalue weighted by Crippen LogP contribution is 2.26. The predicted molar refractivity (Wildman–Crippen MR) is 106 cm³/mol. The maximum atomic E-state index is 12.4. The Bertz CT molecular complexity index is 911. The Balaban J connectivity index is 1.55. The normalized spacial score (nSPS) is 10.4. The number of hydrogen-bond donors (Lipinski definition) is 1. The maximum Gasteiger partial charge on any atom is 0.251 e. The number of carbonyl (C=O) groups excluding carboxylic acids is 1. The van der Waals surface area contributed by atoms with E-state index in [1.807, 2.05) is 48.7 Å². The highest BCUT2D eigenvalue weighted by atomic mass is 79.9. The second kappa shape index (κ2) is 9.23. The number of para-hydroxylation sites is 2. The molecule has 0 spiro atoms. The van der Waals surface area contributed by atoms with Crippen molar-refractivity contribution in [3.63, 3.8) is 0 Å². The lowest BCUT2D eigenvalue weighted by molar-refractivity contribution is 0.0951. The van der Waals surface area contributed by atoms with Crippen molar-refractivity contribution in [1.82, 2.24) is 15.1 Å². The first-order valence-electron chi connectivity index (χ1n) is 8.46. The Kier molecular flexibility index (Phi) is 6.49. The van der Waals surface area contributed by atoms with Gasteiger partial charge in [0.15, 0.2) is 11.5 Å². The molecular formula is C20H20BrN3O3. The lowest BCUT2D eigenvalue weighted by Crippen LogP contribution is -2.27. The van der Waals surface area contributed by atoms with Crippen LogP contribution in [-0.4, -0.2) is 29.3 Å². The van der Waals surface area contributed by atoms with Crippen molar-refractivity contribution in [2.75, 3.05) is 13.7 Å². The third kappa shape index (κ3) is 5.34. The van der Waals surface area contributed by atoms with Crippen molar-refractivity contribution < 1.29 is 14.3 Å². The summed E-state index contributed by atoms with van der Waals surface area (Å²) in [5.41, 5.74) is 1.50. The summed E-state index contributed by atoms with van der Waals surface area (Å²) in [6.07, 6.45) is 3.58. The Morgan fingerprint density at radius 3 is 2.74 bits per heavy atom. The van der Waals surface area contributed by atoms with Gasteiger partial charge < -0.3 is 14.8 Å². The molecule has 140 valence electrons. The van der Waals surface area contributed by atoms with Crippen molar-refractivity contribution >= 4 is 21.8 Å². The summed E-state index contributed by atoms with van der Waals surface area (Å²) in [7, 11) is 1.61. The number of nitrogens with zero attached hydrogens (tertiary/aromatic N) is 2. The fourth-order valence-electron chi connectivity index (χ4n) is 2.55. The van der Waals surface area contributed by atoms with E-state index in [1.165, 1.54) is 0 Å². The van der Waals surface area contributed by atoms with E-state index in [1.54, 1.807) is 24.1 Å². The molecule has 0 aliphatic carbocycles. The first kappa shape index (κ1) is 19.0. The third-order valence-electron chi connectivity index (χ3n) is 3.88.